The van der Waals surface area contributed by atoms with Crippen LogP contribution in [0.25, 0.3) is 0 Å². The molecule has 2 atom stereocenters. The molecule has 0 radical (unpaired) electrons. The maximum absolute atomic E-state index is 14.0. The van der Waals surface area contributed by atoms with E-state index in [0.29, 0.717) is 17.5 Å². The number of carbonyl (C=O) groups excluding carboxylic acids is 1. The van der Waals surface area contributed by atoms with Crippen LogP contribution in [0.4, 0.5) is 15.8 Å². The SMILES string of the molecule is CCOC(=O)c1cc(N(C)CC2CC2C)c(F)cc1N. The predicted molar refractivity (Wildman–Crippen MR) is 77.3 cm³/mol. The van der Waals surface area contributed by atoms with E-state index in [2.05, 4.69) is 6.92 Å². The second-order valence-electron chi connectivity index (χ2n) is 5.46. The van der Waals surface area contributed by atoms with Crippen LogP contribution in [0.3, 0.4) is 0 Å². The molecule has 0 spiro atoms. The van der Waals surface area contributed by atoms with Gasteiger partial charge in [0.2, 0.25) is 0 Å². The fourth-order valence-electron chi connectivity index (χ4n) is 2.36. The first-order chi connectivity index (χ1) is 9.43. The van der Waals surface area contributed by atoms with Gasteiger partial charge in [-0.05, 0) is 37.3 Å². The summed E-state index contributed by atoms with van der Waals surface area (Å²) in [6.45, 7) is 4.95. The Hall–Kier alpha value is -1.78. The summed E-state index contributed by atoms with van der Waals surface area (Å²) in [6, 6.07) is 2.67. The molecule has 0 aromatic heterocycles. The average molecular weight is 280 g/mol. The number of halogens is 1. The Kier molecular flexibility index (Phi) is 4.16. The molecule has 2 N–H and O–H groups in total. The summed E-state index contributed by atoms with van der Waals surface area (Å²) in [5, 5.41) is 0. The zero-order chi connectivity index (χ0) is 14.9. The van der Waals surface area contributed by atoms with Gasteiger partial charge < -0.3 is 15.4 Å². The first-order valence-corrected chi connectivity index (χ1v) is 6.91. The minimum atomic E-state index is -0.514. The monoisotopic (exact) mass is 280 g/mol. The molecule has 1 aromatic rings. The van der Waals surface area contributed by atoms with Gasteiger partial charge in [0.15, 0.2) is 0 Å². The summed E-state index contributed by atoms with van der Waals surface area (Å²) in [6.07, 6.45) is 1.17. The van der Waals surface area contributed by atoms with Crippen LogP contribution in [-0.2, 0) is 4.74 Å². The van der Waals surface area contributed by atoms with Crippen molar-refractivity contribution in [2.45, 2.75) is 20.3 Å². The molecule has 0 bridgehead atoms. The maximum atomic E-state index is 14.0. The van der Waals surface area contributed by atoms with Crippen LogP contribution in [0.2, 0.25) is 0 Å². The van der Waals surface area contributed by atoms with E-state index < -0.39 is 11.8 Å². The summed E-state index contributed by atoms with van der Waals surface area (Å²) in [7, 11) is 1.83. The van der Waals surface area contributed by atoms with Crippen molar-refractivity contribution < 1.29 is 13.9 Å². The maximum Gasteiger partial charge on any atom is 0.340 e. The fraction of sp³-hybridized carbons (Fsp3) is 0.533. The first kappa shape index (κ1) is 14.6. The molecule has 1 fully saturated rings. The van der Waals surface area contributed by atoms with Crippen molar-refractivity contribution >= 4 is 17.3 Å². The van der Waals surface area contributed by atoms with Gasteiger partial charge in [0.05, 0.1) is 17.9 Å². The van der Waals surface area contributed by atoms with Crippen molar-refractivity contribution in [1.29, 1.82) is 0 Å². The van der Waals surface area contributed by atoms with Gasteiger partial charge in [0.25, 0.3) is 0 Å². The molecule has 4 nitrogen and oxygen atoms in total. The summed E-state index contributed by atoms with van der Waals surface area (Å²) in [4.78, 5) is 13.6. The molecule has 1 aromatic carbocycles. The van der Waals surface area contributed by atoms with Gasteiger partial charge >= 0.3 is 5.97 Å². The molecule has 2 rings (SSSR count). The molecular weight excluding hydrogens is 259 g/mol. The molecule has 1 saturated carbocycles. The van der Waals surface area contributed by atoms with E-state index in [1.165, 1.54) is 18.6 Å². The van der Waals surface area contributed by atoms with E-state index in [4.69, 9.17) is 10.5 Å². The molecule has 0 aliphatic heterocycles. The highest BCUT2D eigenvalue weighted by molar-refractivity contribution is 5.96. The molecule has 20 heavy (non-hydrogen) atoms. The Balaban J connectivity index is 2.23. The van der Waals surface area contributed by atoms with Gasteiger partial charge in [-0.25, -0.2) is 9.18 Å². The highest BCUT2D eigenvalue weighted by Crippen LogP contribution is 2.39. The zero-order valence-corrected chi connectivity index (χ0v) is 12.1. The van der Waals surface area contributed by atoms with Crippen LogP contribution in [0.5, 0.6) is 0 Å². The number of hydrogen-bond donors (Lipinski definition) is 1. The normalized spacial score (nSPS) is 20.6. The standard InChI is InChI=1S/C15H21FN2O2/c1-4-20-15(19)11-6-14(12(16)7-13(11)17)18(3)8-10-5-9(10)2/h6-7,9-10H,4-5,8,17H2,1-3H3. The largest absolute Gasteiger partial charge is 0.462 e. The van der Waals surface area contributed by atoms with Gasteiger partial charge in [0.1, 0.15) is 5.82 Å². The molecular formula is C15H21FN2O2. The molecule has 1 aliphatic rings. The van der Waals surface area contributed by atoms with E-state index in [0.717, 1.165) is 6.54 Å². The number of benzene rings is 1. The predicted octanol–water partition coefficient (Wildman–Crippen LogP) is 2.68. The van der Waals surface area contributed by atoms with Crippen LogP contribution in [-0.4, -0.2) is 26.2 Å². The second-order valence-corrected chi connectivity index (χ2v) is 5.46. The number of esters is 1. The fourth-order valence-corrected chi connectivity index (χ4v) is 2.36. The molecule has 0 heterocycles. The number of nitrogens with zero attached hydrogens (tertiary/aromatic N) is 1. The van der Waals surface area contributed by atoms with Crippen LogP contribution in [0, 0.1) is 17.7 Å². The minimum absolute atomic E-state index is 0.109. The number of carbonyl (C=O) groups is 1. The lowest BCUT2D eigenvalue weighted by Crippen LogP contribution is -2.22. The second kappa shape index (κ2) is 5.69. The van der Waals surface area contributed by atoms with E-state index in [-0.39, 0.29) is 17.9 Å². The van der Waals surface area contributed by atoms with Gasteiger partial charge in [0, 0.05) is 19.3 Å². The van der Waals surface area contributed by atoms with Crippen molar-refractivity contribution in [2.24, 2.45) is 11.8 Å². The van der Waals surface area contributed by atoms with Crippen LogP contribution in [0.15, 0.2) is 12.1 Å². The number of hydrogen-bond acceptors (Lipinski definition) is 4. The van der Waals surface area contributed by atoms with Crippen molar-refractivity contribution in [1.82, 2.24) is 0 Å². The van der Waals surface area contributed by atoms with Crippen molar-refractivity contribution in [3.63, 3.8) is 0 Å². The number of ether oxygens (including phenoxy) is 1. The Bertz CT molecular complexity index is 519. The number of nitrogen functional groups attached to an aromatic ring is 1. The number of anilines is 2. The van der Waals surface area contributed by atoms with Gasteiger partial charge in [-0.2, -0.15) is 0 Å². The molecule has 110 valence electrons. The van der Waals surface area contributed by atoms with Gasteiger partial charge in [-0.3, -0.25) is 0 Å². The van der Waals surface area contributed by atoms with Gasteiger partial charge in [-0.1, -0.05) is 6.92 Å². The molecule has 0 saturated heterocycles. The number of rotatable bonds is 5. The molecule has 5 heteroatoms. The number of nitrogens with two attached hydrogens (primary N) is 1. The van der Waals surface area contributed by atoms with E-state index >= 15 is 0 Å². The molecule has 2 unspecified atom stereocenters. The van der Waals surface area contributed by atoms with Crippen molar-refractivity contribution in [3.05, 3.63) is 23.5 Å². The van der Waals surface area contributed by atoms with Crippen LogP contribution in [0.1, 0.15) is 30.6 Å². The van der Waals surface area contributed by atoms with E-state index in [1.807, 2.05) is 11.9 Å². The lowest BCUT2D eigenvalue weighted by atomic mass is 10.1. The van der Waals surface area contributed by atoms with Crippen LogP contribution >= 0.6 is 0 Å². The topological polar surface area (TPSA) is 55.6 Å². The Morgan fingerprint density at radius 3 is 2.75 bits per heavy atom. The average Bonchev–Trinajstić information content (AvgIpc) is 3.04. The quantitative estimate of drug-likeness (QED) is 0.665. The van der Waals surface area contributed by atoms with Crippen LogP contribution < -0.4 is 10.6 Å². The zero-order valence-electron chi connectivity index (χ0n) is 12.1. The molecule has 0 amide bonds. The first-order valence-electron chi connectivity index (χ1n) is 6.91. The molecule has 1 aliphatic carbocycles. The lowest BCUT2D eigenvalue weighted by molar-refractivity contribution is 0.0527. The highest BCUT2D eigenvalue weighted by atomic mass is 19.1. The Morgan fingerprint density at radius 2 is 2.20 bits per heavy atom. The van der Waals surface area contributed by atoms with Crippen molar-refractivity contribution in [2.75, 3.05) is 30.8 Å². The summed E-state index contributed by atoms with van der Waals surface area (Å²) < 4.78 is 19.0. The van der Waals surface area contributed by atoms with E-state index in [1.54, 1.807) is 6.92 Å². The van der Waals surface area contributed by atoms with Crippen molar-refractivity contribution in [3.8, 4) is 0 Å². The summed E-state index contributed by atoms with van der Waals surface area (Å²) >= 11 is 0. The third-order valence-electron chi connectivity index (χ3n) is 3.81. The Labute approximate surface area is 118 Å². The minimum Gasteiger partial charge on any atom is -0.462 e. The summed E-state index contributed by atoms with van der Waals surface area (Å²) in [5.41, 5.74) is 6.42. The van der Waals surface area contributed by atoms with Gasteiger partial charge in [-0.15, -0.1) is 0 Å². The van der Waals surface area contributed by atoms with E-state index in [9.17, 15) is 9.18 Å². The summed E-state index contributed by atoms with van der Waals surface area (Å²) in [5.74, 6) is 0.368. The third kappa shape index (κ3) is 3.03. The highest BCUT2D eigenvalue weighted by Gasteiger charge is 2.33. The Morgan fingerprint density at radius 1 is 1.55 bits per heavy atom. The third-order valence-corrected chi connectivity index (χ3v) is 3.81. The smallest absolute Gasteiger partial charge is 0.340 e. The lowest BCUT2D eigenvalue weighted by Gasteiger charge is -2.21.